The maximum atomic E-state index is 12.5. The van der Waals surface area contributed by atoms with Gasteiger partial charge in [-0.2, -0.15) is 0 Å². The summed E-state index contributed by atoms with van der Waals surface area (Å²) in [7, 11) is 0. The molecule has 29 heavy (non-hydrogen) atoms. The third kappa shape index (κ3) is 6.04. The normalized spacial score (nSPS) is 17.0. The van der Waals surface area contributed by atoms with Gasteiger partial charge in [0.25, 0.3) is 5.91 Å². The molecule has 0 saturated carbocycles. The number of benzene rings is 1. The minimum Gasteiger partial charge on any atom is -0.455 e. The summed E-state index contributed by atoms with van der Waals surface area (Å²) in [6, 6.07) is 7.71. The molecule has 3 amide bonds. The topological polar surface area (TPSA) is 105 Å². The first-order chi connectivity index (χ1) is 13.9. The molecule has 1 fully saturated rings. The highest BCUT2D eigenvalue weighted by molar-refractivity contribution is 6.00. The molecule has 8 nitrogen and oxygen atoms in total. The Morgan fingerprint density at radius 1 is 1.17 bits per heavy atom. The van der Waals surface area contributed by atoms with E-state index in [1.54, 1.807) is 11.8 Å². The van der Waals surface area contributed by atoms with E-state index in [0.29, 0.717) is 12.5 Å². The lowest BCUT2D eigenvalue weighted by Gasteiger charge is -2.23. The molecule has 2 N–H and O–H groups in total. The fraction of sp³-hybridized carbons (Fsp3) is 0.524. The SMILES string of the molecule is CCNC(=O)CNC(=O)COC(=O)[C@H]1CC(=O)N(c2ccccc2[C@@H](C)CC)C1. The first-order valence-electron chi connectivity index (χ1n) is 9.96. The summed E-state index contributed by atoms with van der Waals surface area (Å²) in [6.07, 6.45) is 0.990. The van der Waals surface area contributed by atoms with Gasteiger partial charge in [-0.05, 0) is 30.9 Å². The van der Waals surface area contributed by atoms with Gasteiger partial charge in [0.05, 0.1) is 12.5 Å². The monoisotopic (exact) mass is 403 g/mol. The molecule has 1 heterocycles. The first-order valence-corrected chi connectivity index (χ1v) is 9.96. The lowest BCUT2D eigenvalue weighted by atomic mass is 9.96. The summed E-state index contributed by atoms with van der Waals surface area (Å²) >= 11 is 0. The van der Waals surface area contributed by atoms with E-state index in [9.17, 15) is 19.2 Å². The van der Waals surface area contributed by atoms with E-state index in [0.717, 1.165) is 17.7 Å². The van der Waals surface area contributed by atoms with Crippen molar-refractivity contribution in [3.05, 3.63) is 29.8 Å². The summed E-state index contributed by atoms with van der Waals surface area (Å²) in [4.78, 5) is 49.5. The average Bonchev–Trinajstić information content (AvgIpc) is 3.11. The molecule has 1 aromatic rings. The third-order valence-corrected chi connectivity index (χ3v) is 4.99. The van der Waals surface area contributed by atoms with Crippen LogP contribution in [0.1, 0.15) is 45.1 Å². The van der Waals surface area contributed by atoms with Crippen molar-refractivity contribution in [1.82, 2.24) is 10.6 Å². The quantitative estimate of drug-likeness (QED) is 0.606. The second-order valence-electron chi connectivity index (χ2n) is 7.11. The van der Waals surface area contributed by atoms with E-state index >= 15 is 0 Å². The molecule has 1 saturated heterocycles. The van der Waals surface area contributed by atoms with Crippen molar-refractivity contribution >= 4 is 29.4 Å². The summed E-state index contributed by atoms with van der Waals surface area (Å²) in [6.45, 7) is 6.00. The van der Waals surface area contributed by atoms with Gasteiger partial charge in [0.1, 0.15) is 0 Å². The fourth-order valence-electron chi connectivity index (χ4n) is 3.21. The number of carbonyl (C=O) groups is 4. The maximum Gasteiger partial charge on any atom is 0.311 e. The fourth-order valence-corrected chi connectivity index (χ4v) is 3.21. The maximum absolute atomic E-state index is 12.5. The largest absolute Gasteiger partial charge is 0.455 e. The molecule has 0 spiro atoms. The molecular formula is C21H29N3O5. The Balaban J connectivity index is 1.91. The van der Waals surface area contributed by atoms with Gasteiger partial charge in [0.15, 0.2) is 6.61 Å². The van der Waals surface area contributed by atoms with Crippen LogP contribution >= 0.6 is 0 Å². The molecule has 2 atom stereocenters. The second kappa shape index (κ2) is 10.6. The van der Waals surface area contributed by atoms with E-state index in [1.807, 2.05) is 24.3 Å². The number of carbonyl (C=O) groups excluding carboxylic acids is 4. The molecule has 1 aliphatic rings. The van der Waals surface area contributed by atoms with Gasteiger partial charge in [-0.1, -0.05) is 32.0 Å². The smallest absolute Gasteiger partial charge is 0.311 e. The number of ether oxygens (including phenoxy) is 1. The van der Waals surface area contributed by atoms with Crippen LogP contribution < -0.4 is 15.5 Å². The van der Waals surface area contributed by atoms with Gasteiger partial charge >= 0.3 is 5.97 Å². The van der Waals surface area contributed by atoms with Crippen molar-refractivity contribution < 1.29 is 23.9 Å². The number of nitrogens with one attached hydrogen (secondary N) is 2. The van der Waals surface area contributed by atoms with Crippen molar-refractivity contribution in [3.8, 4) is 0 Å². The van der Waals surface area contributed by atoms with Gasteiger partial charge in [0, 0.05) is 25.2 Å². The third-order valence-electron chi connectivity index (χ3n) is 4.99. The first kappa shape index (κ1) is 22.4. The predicted octanol–water partition coefficient (Wildman–Crippen LogP) is 1.35. The molecule has 0 radical (unpaired) electrons. The second-order valence-corrected chi connectivity index (χ2v) is 7.11. The zero-order chi connectivity index (χ0) is 21.4. The van der Waals surface area contributed by atoms with Crippen molar-refractivity contribution in [2.45, 2.75) is 39.5 Å². The lowest BCUT2D eigenvalue weighted by molar-refractivity contribution is -0.152. The van der Waals surface area contributed by atoms with Crippen LogP contribution in [0.5, 0.6) is 0 Å². The molecule has 0 unspecified atom stereocenters. The average molecular weight is 403 g/mol. The van der Waals surface area contributed by atoms with Crippen LogP contribution in [-0.4, -0.2) is 49.9 Å². The zero-order valence-corrected chi connectivity index (χ0v) is 17.2. The van der Waals surface area contributed by atoms with Crippen LogP contribution in [0.2, 0.25) is 0 Å². The van der Waals surface area contributed by atoms with Gasteiger partial charge < -0.3 is 20.3 Å². The summed E-state index contributed by atoms with van der Waals surface area (Å²) in [5, 5.41) is 4.93. The number of amides is 3. The van der Waals surface area contributed by atoms with Crippen molar-refractivity contribution in [2.75, 3.05) is 31.1 Å². The van der Waals surface area contributed by atoms with E-state index < -0.39 is 24.4 Å². The van der Waals surface area contributed by atoms with Gasteiger partial charge in [-0.3, -0.25) is 19.2 Å². The van der Waals surface area contributed by atoms with Crippen molar-refractivity contribution in [1.29, 1.82) is 0 Å². The molecular weight excluding hydrogens is 374 g/mol. The van der Waals surface area contributed by atoms with Crippen LogP contribution in [-0.2, 0) is 23.9 Å². The lowest BCUT2D eigenvalue weighted by Crippen LogP contribution is -2.39. The summed E-state index contributed by atoms with van der Waals surface area (Å²) < 4.78 is 5.05. The van der Waals surface area contributed by atoms with Crippen LogP contribution in [0.3, 0.4) is 0 Å². The van der Waals surface area contributed by atoms with Gasteiger partial charge in [0.2, 0.25) is 11.8 Å². The number of anilines is 1. The number of rotatable bonds is 9. The standard InChI is InChI=1S/C21H29N3O5/c1-4-14(3)16-8-6-7-9-17(16)24-12-15(10-20(24)27)21(28)29-13-19(26)23-11-18(25)22-5-2/h6-9,14-15H,4-5,10-13H2,1-3H3,(H,22,25)(H,23,26)/t14-,15-/m0/s1. The van der Waals surface area contributed by atoms with E-state index in [-0.39, 0.29) is 31.3 Å². The number of hydrogen-bond acceptors (Lipinski definition) is 5. The highest BCUT2D eigenvalue weighted by atomic mass is 16.5. The Hall–Kier alpha value is -2.90. The Labute approximate surface area is 171 Å². The molecule has 1 aliphatic heterocycles. The molecule has 0 aromatic heterocycles. The van der Waals surface area contributed by atoms with Gasteiger partial charge in [-0.15, -0.1) is 0 Å². The molecule has 0 aliphatic carbocycles. The highest BCUT2D eigenvalue weighted by Gasteiger charge is 2.37. The van der Waals surface area contributed by atoms with Crippen LogP contribution in [0, 0.1) is 5.92 Å². The Bertz CT molecular complexity index is 764. The van der Waals surface area contributed by atoms with E-state index in [1.165, 1.54) is 0 Å². The number of esters is 1. The number of hydrogen-bond donors (Lipinski definition) is 2. The van der Waals surface area contributed by atoms with E-state index in [2.05, 4.69) is 24.5 Å². The number of nitrogens with zero attached hydrogens (tertiary/aromatic N) is 1. The van der Waals surface area contributed by atoms with Crippen molar-refractivity contribution in [2.24, 2.45) is 5.92 Å². The molecule has 158 valence electrons. The zero-order valence-electron chi connectivity index (χ0n) is 17.2. The number of para-hydroxylation sites is 1. The molecule has 8 heteroatoms. The van der Waals surface area contributed by atoms with Gasteiger partial charge in [-0.25, -0.2) is 0 Å². The van der Waals surface area contributed by atoms with Crippen LogP contribution in [0.15, 0.2) is 24.3 Å². The van der Waals surface area contributed by atoms with Crippen LogP contribution in [0.25, 0.3) is 0 Å². The Morgan fingerprint density at radius 3 is 2.59 bits per heavy atom. The van der Waals surface area contributed by atoms with Crippen LogP contribution in [0.4, 0.5) is 5.69 Å². The Morgan fingerprint density at radius 2 is 1.90 bits per heavy atom. The minimum absolute atomic E-state index is 0.0498. The molecule has 2 rings (SSSR count). The highest BCUT2D eigenvalue weighted by Crippen LogP contribution is 2.33. The molecule has 0 bridgehead atoms. The summed E-state index contributed by atoms with van der Waals surface area (Å²) in [5.41, 5.74) is 1.89. The minimum atomic E-state index is -0.622. The predicted molar refractivity (Wildman–Crippen MR) is 108 cm³/mol. The number of likely N-dealkylation sites (N-methyl/N-ethyl adjacent to an activating group) is 1. The van der Waals surface area contributed by atoms with Crippen molar-refractivity contribution in [3.63, 3.8) is 0 Å². The summed E-state index contributed by atoms with van der Waals surface area (Å²) in [5.74, 6) is -1.93. The van der Waals surface area contributed by atoms with E-state index in [4.69, 9.17) is 4.74 Å². The Kier molecular flexibility index (Phi) is 8.18. The molecule has 1 aromatic carbocycles.